The van der Waals surface area contributed by atoms with Gasteiger partial charge in [-0.25, -0.2) is 9.78 Å². The largest absolute Gasteiger partial charge is 0.505 e. The molecule has 0 atom stereocenters. The highest BCUT2D eigenvalue weighted by Gasteiger charge is 2.13. The smallest absolute Gasteiger partial charge is 0.361 e. The predicted molar refractivity (Wildman–Crippen MR) is 61.5 cm³/mol. The number of ether oxygens (including phenoxy) is 1. The molecule has 2 aromatic rings. The summed E-state index contributed by atoms with van der Waals surface area (Å²) < 4.78 is 5.03. The summed E-state index contributed by atoms with van der Waals surface area (Å²) in [5.41, 5.74) is 0.819. The lowest BCUT2D eigenvalue weighted by Gasteiger charge is -2.05. The Morgan fingerprint density at radius 3 is 2.65 bits per heavy atom. The second-order valence-corrected chi connectivity index (χ2v) is 3.43. The normalized spacial score (nSPS) is 9.88. The Morgan fingerprint density at radius 2 is 1.94 bits per heavy atom. The summed E-state index contributed by atoms with van der Waals surface area (Å²) >= 11 is 0. The van der Waals surface area contributed by atoms with Crippen LogP contribution < -0.4 is 0 Å². The van der Waals surface area contributed by atoms with Crippen LogP contribution in [0.15, 0.2) is 48.7 Å². The molecule has 1 heterocycles. The lowest BCUT2D eigenvalue weighted by Crippen LogP contribution is -2.07. The zero-order chi connectivity index (χ0) is 12.1. The Kier molecular flexibility index (Phi) is 3.35. The minimum absolute atomic E-state index is 0.0663. The fourth-order valence-corrected chi connectivity index (χ4v) is 1.35. The molecule has 17 heavy (non-hydrogen) atoms. The maximum absolute atomic E-state index is 11.6. The second kappa shape index (κ2) is 5.12. The molecule has 4 nitrogen and oxygen atoms in total. The monoisotopic (exact) mass is 229 g/mol. The van der Waals surface area contributed by atoms with Gasteiger partial charge < -0.3 is 9.84 Å². The molecule has 0 saturated carbocycles. The summed E-state index contributed by atoms with van der Waals surface area (Å²) in [5, 5.41) is 9.41. The minimum atomic E-state index is -0.632. The third-order valence-electron chi connectivity index (χ3n) is 2.19. The number of hydrogen-bond acceptors (Lipinski definition) is 4. The van der Waals surface area contributed by atoms with Crippen LogP contribution in [0.25, 0.3) is 0 Å². The van der Waals surface area contributed by atoms with Crippen LogP contribution >= 0.6 is 0 Å². The van der Waals surface area contributed by atoms with Gasteiger partial charge >= 0.3 is 5.97 Å². The molecule has 0 amide bonds. The fourth-order valence-electron chi connectivity index (χ4n) is 1.35. The summed E-state index contributed by atoms with van der Waals surface area (Å²) in [6.45, 7) is 0.162. The van der Waals surface area contributed by atoms with Crippen molar-refractivity contribution in [2.45, 2.75) is 6.61 Å². The molecule has 1 aromatic heterocycles. The number of esters is 1. The Hall–Kier alpha value is -2.36. The van der Waals surface area contributed by atoms with Crippen LogP contribution in [0.2, 0.25) is 0 Å². The molecule has 0 aliphatic heterocycles. The number of pyridine rings is 1. The third kappa shape index (κ3) is 2.81. The van der Waals surface area contributed by atoms with E-state index in [-0.39, 0.29) is 18.1 Å². The van der Waals surface area contributed by atoms with Gasteiger partial charge in [-0.3, -0.25) is 0 Å². The van der Waals surface area contributed by atoms with Gasteiger partial charge in [0.25, 0.3) is 0 Å². The number of carbonyl (C=O) groups is 1. The number of carbonyl (C=O) groups excluding carboxylic acids is 1. The second-order valence-electron chi connectivity index (χ2n) is 3.43. The Bertz CT molecular complexity index is 511. The van der Waals surface area contributed by atoms with Gasteiger partial charge in [0.05, 0.1) is 0 Å². The van der Waals surface area contributed by atoms with E-state index < -0.39 is 5.97 Å². The molecular weight excluding hydrogens is 218 g/mol. The number of benzene rings is 1. The molecule has 0 unspecified atom stereocenters. The van der Waals surface area contributed by atoms with Crippen molar-refractivity contribution < 1.29 is 14.6 Å². The van der Waals surface area contributed by atoms with E-state index in [9.17, 15) is 9.90 Å². The van der Waals surface area contributed by atoms with Crippen LogP contribution in [0.1, 0.15) is 16.1 Å². The fraction of sp³-hybridized carbons (Fsp3) is 0.0769. The van der Waals surface area contributed by atoms with Gasteiger partial charge in [-0.2, -0.15) is 0 Å². The Balaban J connectivity index is 2.01. The third-order valence-corrected chi connectivity index (χ3v) is 2.19. The van der Waals surface area contributed by atoms with Crippen molar-refractivity contribution >= 4 is 5.97 Å². The van der Waals surface area contributed by atoms with Gasteiger partial charge in [0, 0.05) is 6.20 Å². The lowest BCUT2D eigenvalue weighted by atomic mass is 10.2. The van der Waals surface area contributed by atoms with E-state index in [2.05, 4.69) is 4.98 Å². The lowest BCUT2D eigenvalue weighted by molar-refractivity contribution is 0.0462. The number of hydrogen-bond donors (Lipinski definition) is 1. The van der Waals surface area contributed by atoms with Crippen molar-refractivity contribution in [3.63, 3.8) is 0 Å². The first kappa shape index (κ1) is 11.1. The summed E-state index contributed by atoms with van der Waals surface area (Å²) in [6.07, 6.45) is 1.43. The Labute approximate surface area is 98.5 Å². The van der Waals surface area contributed by atoms with Gasteiger partial charge in [-0.05, 0) is 17.7 Å². The SMILES string of the molecule is O=C(OCc1ccccc1)c1ncccc1O. The standard InChI is InChI=1S/C13H11NO3/c15-11-7-4-8-14-12(11)13(16)17-9-10-5-2-1-3-6-10/h1-8,15H,9H2. The molecule has 4 heteroatoms. The van der Waals surface area contributed by atoms with Crippen LogP contribution in [-0.2, 0) is 11.3 Å². The molecule has 0 aliphatic carbocycles. The van der Waals surface area contributed by atoms with Gasteiger partial charge in [-0.1, -0.05) is 30.3 Å². The number of aromatic nitrogens is 1. The molecule has 0 aliphatic rings. The maximum atomic E-state index is 11.6. The van der Waals surface area contributed by atoms with Crippen LogP contribution in [0, 0.1) is 0 Å². The first-order chi connectivity index (χ1) is 8.27. The van der Waals surface area contributed by atoms with Crippen molar-refractivity contribution in [1.29, 1.82) is 0 Å². The number of aromatic hydroxyl groups is 1. The molecule has 0 radical (unpaired) electrons. The van der Waals surface area contributed by atoms with Crippen molar-refractivity contribution in [2.75, 3.05) is 0 Å². The van der Waals surface area contributed by atoms with E-state index in [1.165, 1.54) is 12.3 Å². The minimum Gasteiger partial charge on any atom is -0.505 e. The van der Waals surface area contributed by atoms with Crippen LogP contribution in [-0.4, -0.2) is 16.1 Å². The zero-order valence-electron chi connectivity index (χ0n) is 9.04. The highest BCUT2D eigenvalue weighted by atomic mass is 16.5. The number of nitrogens with zero attached hydrogens (tertiary/aromatic N) is 1. The Morgan fingerprint density at radius 1 is 1.18 bits per heavy atom. The van der Waals surface area contributed by atoms with Gasteiger partial charge in [0.1, 0.15) is 12.4 Å². The van der Waals surface area contributed by atoms with Gasteiger partial charge in [-0.15, -0.1) is 0 Å². The van der Waals surface area contributed by atoms with E-state index in [4.69, 9.17) is 4.74 Å². The molecule has 0 saturated heterocycles. The average molecular weight is 229 g/mol. The van der Waals surface area contributed by atoms with Crippen molar-refractivity contribution in [2.24, 2.45) is 0 Å². The van der Waals surface area contributed by atoms with Gasteiger partial charge in [0.15, 0.2) is 5.69 Å². The predicted octanol–water partition coefficient (Wildman–Crippen LogP) is 2.14. The molecule has 2 rings (SSSR count). The maximum Gasteiger partial charge on any atom is 0.361 e. The molecule has 0 spiro atoms. The summed E-state index contributed by atoms with van der Waals surface area (Å²) in [6, 6.07) is 12.3. The molecule has 86 valence electrons. The molecular formula is C13H11NO3. The summed E-state index contributed by atoms with van der Waals surface area (Å²) in [5.74, 6) is -0.808. The highest BCUT2D eigenvalue weighted by molar-refractivity contribution is 5.89. The first-order valence-electron chi connectivity index (χ1n) is 5.12. The van der Waals surface area contributed by atoms with E-state index in [1.807, 2.05) is 30.3 Å². The summed E-state index contributed by atoms with van der Waals surface area (Å²) in [4.78, 5) is 15.4. The average Bonchev–Trinajstić information content (AvgIpc) is 2.38. The zero-order valence-corrected chi connectivity index (χ0v) is 9.04. The van der Waals surface area contributed by atoms with Crippen LogP contribution in [0.4, 0.5) is 0 Å². The van der Waals surface area contributed by atoms with E-state index >= 15 is 0 Å². The van der Waals surface area contributed by atoms with Crippen molar-refractivity contribution in [3.8, 4) is 5.75 Å². The number of rotatable bonds is 3. The van der Waals surface area contributed by atoms with Crippen molar-refractivity contribution in [1.82, 2.24) is 4.98 Å². The highest BCUT2D eigenvalue weighted by Crippen LogP contribution is 2.14. The molecule has 1 N–H and O–H groups in total. The molecule has 1 aromatic carbocycles. The topological polar surface area (TPSA) is 59.4 Å². The summed E-state index contributed by atoms with van der Waals surface area (Å²) in [7, 11) is 0. The molecule has 0 fully saturated rings. The van der Waals surface area contributed by atoms with E-state index in [0.717, 1.165) is 5.56 Å². The molecule has 0 bridgehead atoms. The van der Waals surface area contributed by atoms with Gasteiger partial charge in [0.2, 0.25) is 0 Å². The van der Waals surface area contributed by atoms with Crippen LogP contribution in [0.3, 0.4) is 0 Å². The quantitative estimate of drug-likeness (QED) is 0.819. The van der Waals surface area contributed by atoms with E-state index in [1.54, 1.807) is 6.07 Å². The van der Waals surface area contributed by atoms with Crippen molar-refractivity contribution in [3.05, 3.63) is 59.9 Å². The van der Waals surface area contributed by atoms with Crippen LogP contribution in [0.5, 0.6) is 5.75 Å². The van der Waals surface area contributed by atoms with E-state index in [0.29, 0.717) is 0 Å². The first-order valence-corrected chi connectivity index (χ1v) is 5.12.